The highest BCUT2D eigenvalue weighted by Crippen LogP contribution is 2.17. The molecule has 1 rings (SSSR count). The third-order valence-electron chi connectivity index (χ3n) is 2.28. The van der Waals surface area contributed by atoms with Crippen molar-refractivity contribution in [2.75, 3.05) is 0 Å². The fourth-order valence-electron chi connectivity index (χ4n) is 1.49. The van der Waals surface area contributed by atoms with Crippen LogP contribution in [0.25, 0.3) is 0 Å². The summed E-state index contributed by atoms with van der Waals surface area (Å²) in [6.07, 6.45) is 7.58. The summed E-state index contributed by atoms with van der Waals surface area (Å²) in [5.41, 5.74) is 5.68. The van der Waals surface area contributed by atoms with Crippen molar-refractivity contribution in [2.24, 2.45) is 11.7 Å². The van der Waals surface area contributed by atoms with Crippen molar-refractivity contribution in [1.82, 2.24) is 0 Å². The van der Waals surface area contributed by atoms with Crippen LogP contribution in [0.5, 0.6) is 0 Å². The molecule has 0 aromatic heterocycles. The van der Waals surface area contributed by atoms with Gasteiger partial charge in [0.15, 0.2) is 0 Å². The third-order valence-corrected chi connectivity index (χ3v) is 2.28. The average Bonchev–Trinajstić information content (AvgIpc) is 1.96. The van der Waals surface area contributed by atoms with E-state index in [0.29, 0.717) is 6.42 Å². The summed E-state index contributed by atoms with van der Waals surface area (Å²) >= 11 is 0. The molecule has 0 radical (unpaired) electrons. The first-order chi connectivity index (χ1) is 5.72. The highest BCUT2D eigenvalue weighted by Gasteiger charge is 2.23. The lowest BCUT2D eigenvalue weighted by Gasteiger charge is -2.18. The minimum Gasteiger partial charge on any atom is -0.481 e. The smallest absolute Gasteiger partial charge is 0.308 e. The Kier molecular flexibility index (Phi) is 3.29. The molecule has 3 nitrogen and oxygen atoms in total. The molecule has 0 bridgehead atoms. The SMILES string of the molecule is N[C@@H]1C=CCCCC[C@@H]1C(=O)O. The predicted molar refractivity (Wildman–Crippen MR) is 46.7 cm³/mol. The highest BCUT2D eigenvalue weighted by atomic mass is 16.4. The van der Waals surface area contributed by atoms with E-state index in [1.54, 1.807) is 0 Å². The van der Waals surface area contributed by atoms with Gasteiger partial charge in [0.1, 0.15) is 0 Å². The summed E-state index contributed by atoms with van der Waals surface area (Å²) in [4.78, 5) is 10.7. The van der Waals surface area contributed by atoms with Gasteiger partial charge in [0.2, 0.25) is 0 Å². The van der Waals surface area contributed by atoms with Crippen LogP contribution in [0.15, 0.2) is 12.2 Å². The lowest BCUT2D eigenvalue weighted by molar-refractivity contribution is -0.142. The molecule has 12 heavy (non-hydrogen) atoms. The first-order valence-corrected chi connectivity index (χ1v) is 4.37. The van der Waals surface area contributed by atoms with Gasteiger partial charge in [-0.15, -0.1) is 0 Å². The molecule has 0 aliphatic heterocycles. The van der Waals surface area contributed by atoms with E-state index in [-0.39, 0.29) is 12.0 Å². The van der Waals surface area contributed by atoms with E-state index in [1.807, 2.05) is 12.2 Å². The Balaban J connectivity index is 2.62. The summed E-state index contributed by atoms with van der Waals surface area (Å²) in [6.45, 7) is 0. The zero-order chi connectivity index (χ0) is 8.97. The largest absolute Gasteiger partial charge is 0.481 e. The van der Waals surface area contributed by atoms with Crippen molar-refractivity contribution in [3.8, 4) is 0 Å². The molecule has 0 spiro atoms. The summed E-state index contributed by atoms with van der Waals surface area (Å²) in [5, 5.41) is 8.81. The van der Waals surface area contributed by atoms with Crippen molar-refractivity contribution in [2.45, 2.75) is 31.7 Å². The van der Waals surface area contributed by atoms with Crippen LogP contribution in [0.4, 0.5) is 0 Å². The standard InChI is InChI=1S/C9H15NO2/c10-8-6-4-2-1-3-5-7(8)9(11)12/h4,6-8H,1-3,5,10H2,(H,11,12)/t7-,8+/m0/s1. The van der Waals surface area contributed by atoms with E-state index in [1.165, 1.54) is 0 Å². The molecule has 0 fully saturated rings. The summed E-state index contributed by atoms with van der Waals surface area (Å²) in [6, 6.07) is -0.303. The van der Waals surface area contributed by atoms with E-state index in [0.717, 1.165) is 19.3 Å². The molecule has 68 valence electrons. The van der Waals surface area contributed by atoms with Crippen LogP contribution in [-0.4, -0.2) is 17.1 Å². The fourth-order valence-corrected chi connectivity index (χ4v) is 1.49. The Morgan fingerprint density at radius 3 is 2.92 bits per heavy atom. The van der Waals surface area contributed by atoms with Gasteiger partial charge in [-0.3, -0.25) is 4.79 Å². The normalized spacial score (nSPS) is 30.8. The van der Waals surface area contributed by atoms with E-state index >= 15 is 0 Å². The van der Waals surface area contributed by atoms with Crippen molar-refractivity contribution >= 4 is 5.97 Å². The fraction of sp³-hybridized carbons (Fsp3) is 0.667. The third kappa shape index (κ3) is 2.34. The van der Waals surface area contributed by atoms with Gasteiger partial charge in [-0.05, 0) is 19.3 Å². The van der Waals surface area contributed by atoms with Crippen molar-refractivity contribution < 1.29 is 9.90 Å². The molecule has 0 saturated carbocycles. The Hall–Kier alpha value is -0.830. The molecule has 0 heterocycles. The van der Waals surface area contributed by atoms with Crippen LogP contribution < -0.4 is 5.73 Å². The lowest BCUT2D eigenvalue weighted by Crippen LogP contribution is -2.34. The molecule has 0 aromatic rings. The Morgan fingerprint density at radius 1 is 1.50 bits per heavy atom. The van der Waals surface area contributed by atoms with Crippen LogP contribution in [-0.2, 0) is 4.79 Å². The molecule has 0 amide bonds. The summed E-state index contributed by atoms with van der Waals surface area (Å²) in [5.74, 6) is -1.16. The van der Waals surface area contributed by atoms with Crippen molar-refractivity contribution in [3.05, 3.63) is 12.2 Å². The number of hydrogen-bond acceptors (Lipinski definition) is 2. The molecular weight excluding hydrogens is 154 g/mol. The molecule has 3 N–H and O–H groups in total. The number of allylic oxidation sites excluding steroid dienone is 1. The zero-order valence-electron chi connectivity index (χ0n) is 7.07. The Morgan fingerprint density at radius 2 is 2.25 bits per heavy atom. The van der Waals surface area contributed by atoms with Crippen LogP contribution in [0, 0.1) is 5.92 Å². The summed E-state index contributed by atoms with van der Waals surface area (Å²) < 4.78 is 0. The van der Waals surface area contributed by atoms with Crippen LogP contribution in [0.2, 0.25) is 0 Å². The molecule has 0 unspecified atom stereocenters. The van der Waals surface area contributed by atoms with Crippen LogP contribution in [0.3, 0.4) is 0 Å². The van der Waals surface area contributed by atoms with Gasteiger partial charge in [0.25, 0.3) is 0 Å². The topological polar surface area (TPSA) is 63.3 Å². The van der Waals surface area contributed by atoms with Gasteiger partial charge in [-0.1, -0.05) is 18.6 Å². The molecule has 1 aliphatic rings. The second-order valence-electron chi connectivity index (χ2n) is 3.23. The minimum atomic E-state index is -0.769. The number of rotatable bonds is 1. The van der Waals surface area contributed by atoms with Gasteiger partial charge in [0, 0.05) is 6.04 Å². The maximum atomic E-state index is 10.7. The van der Waals surface area contributed by atoms with E-state index in [9.17, 15) is 4.79 Å². The first kappa shape index (κ1) is 9.26. The number of carbonyl (C=O) groups is 1. The Bertz CT molecular complexity index is 189. The zero-order valence-corrected chi connectivity index (χ0v) is 7.07. The monoisotopic (exact) mass is 169 g/mol. The highest BCUT2D eigenvalue weighted by molar-refractivity contribution is 5.71. The van der Waals surface area contributed by atoms with Crippen molar-refractivity contribution in [1.29, 1.82) is 0 Å². The number of hydrogen-bond donors (Lipinski definition) is 2. The number of nitrogens with two attached hydrogens (primary N) is 1. The second kappa shape index (κ2) is 4.26. The van der Waals surface area contributed by atoms with Crippen molar-refractivity contribution in [3.63, 3.8) is 0 Å². The molecule has 0 aromatic carbocycles. The van der Waals surface area contributed by atoms with E-state index < -0.39 is 5.97 Å². The number of carboxylic acid groups (broad SMARTS) is 1. The number of aliphatic carboxylic acids is 1. The van der Waals surface area contributed by atoms with Gasteiger partial charge in [-0.2, -0.15) is 0 Å². The van der Waals surface area contributed by atoms with E-state index in [2.05, 4.69) is 0 Å². The quantitative estimate of drug-likeness (QED) is 0.579. The molecule has 1 aliphatic carbocycles. The second-order valence-corrected chi connectivity index (χ2v) is 3.23. The maximum Gasteiger partial charge on any atom is 0.308 e. The van der Waals surface area contributed by atoms with Gasteiger partial charge < -0.3 is 10.8 Å². The average molecular weight is 169 g/mol. The summed E-state index contributed by atoms with van der Waals surface area (Å²) in [7, 11) is 0. The molecule has 3 heteroatoms. The lowest BCUT2D eigenvalue weighted by atomic mass is 9.91. The Labute approximate surface area is 72.3 Å². The number of carboxylic acids is 1. The molecular formula is C9H15NO2. The minimum absolute atomic E-state index is 0.303. The maximum absolute atomic E-state index is 10.7. The van der Waals surface area contributed by atoms with Crippen LogP contribution in [0.1, 0.15) is 25.7 Å². The van der Waals surface area contributed by atoms with E-state index in [4.69, 9.17) is 10.8 Å². The van der Waals surface area contributed by atoms with Gasteiger partial charge >= 0.3 is 5.97 Å². The van der Waals surface area contributed by atoms with Crippen LogP contribution >= 0.6 is 0 Å². The molecule has 0 saturated heterocycles. The predicted octanol–water partition coefficient (Wildman–Crippen LogP) is 1.14. The van der Waals surface area contributed by atoms with Gasteiger partial charge in [0.05, 0.1) is 5.92 Å². The van der Waals surface area contributed by atoms with Gasteiger partial charge in [-0.25, -0.2) is 0 Å². The molecule has 2 atom stereocenters. The first-order valence-electron chi connectivity index (χ1n) is 4.37.